The molecule has 0 atom stereocenters. The summed E-state index contributed by atoms with van der Waals surface area (Å²) in [5.41, 5.74) is 2.37. The highest BCUT2D eigenvalue weighted by atomic mass is 14.6. The predicted octanol–water partition coefficient (Wildman–Crippen LogP) is 3.70. The van der Waals surface area contributed by atoms with E-state index >= 15 is 0 Å². The average Bonchev–Trinajstić information content (AvgIpc) is 2.29. The molecular weight excluding hydrogens is 182 g/mol. The summed E-state index contributed by atoms with van der Waals surface area (Å²) in [6, 6.07) is 14.6. The third-order valence-corrected chi connectivity index (χ3v) is 2.82. The Morgan fingerprint density at radius 1 is 0.933 bits per heavy atom. The second-order valence-corrected chi connectivity index (χ2v) is 3.81. The number of fused-ring (bicyclic) bond motifs is 3. The molecular formula is C14H11N. The van der Waals surface area contributed by atoms with Gasteiger partial charge in [0.25, 0.3) is 0 Å². The lowest BCUT2D eigenvalue weighted by Gasteiger charge is -2.05. The van der Waals surface area contributed by atoms with Crippen molar-refractivity contribution < 1.29 is 0 Å². The number of hydrogen-bond acceptors (Lipinski definition) is 1. The van der Waals surface area contributed by atoms with Gasteiger partial charge in [-0.2, -0.15) is 0 Å². The van der Waals surface area contributed by atoms with Crippen LogP contribution in [-0.2, 0) is 0 Å². The Bertz CT molecular complexity index is 641. The molecule has 3 aromatic rings. The molecule has 0 radical (unpaired) electrons. The minimum absolute atomic E-state index is 1.08. The number of aryl methyl sites for hydroxylation is 1. The van der Waals surface area contributed by atoms with Crippen molar-refractivity contribution in [1.82, 2.24) is 4.98 Å². The van der Waals surface area contributed by atoms with Crippen LogP contribution in [0.4, 0.5) is 0 Å². The van der Waals surface area contributed by atoms with Gasteiger partial charge in [0.15, 0.2) is 0 Å². The lowest BCUT2D eigenvalue weighted by molar-refractivity contribution is 1.42. The monoisotopic (exact) mass is 193 g/mol. The Labute approximate surface area is 88.4 Å². The lowest BCUT2D eigenvalue weighted by Crippen LogP contribution is -1.84. The Hall–Kier alpha value is -1.89. The Morgan fingerprint density at radius 3 is 2.73 bits per heavy atom. The highest BCUT2D eigenvalue weighted by molar-refractivity contribution is 6.06. The molecule has 3 rings (SSSR count). The highest BCUT2D eigenvalue weighted by Gasteiger charge is 2.02. The Balaban J connectivity index is 2.64. The number of nitrogens with zero attached hydrogens (tertiary/aromatic N) is 1. The van der Waals surface area contributed by atoms with E-state index < -0.39 is 0 Å². The molecule has 0 aliphatic heterocycles. The van der Waals surface area contributed by atoms with Crippen LogP contribution in [0.1, 0.15) is 5.56 Å². The SMILES string of the molecule is Cc1cccc2ncc3ccccc3c12. The van der Waals surface area contributed by atoms with Crippen LogP contribution in [0.25, 0.3) is 21.7 Å². The fraction of sp³-hybridized carbons (Fsp3) is 0.0714. The third kappa shape index (κ3) is 1.20. The molecule has 2 aromatic carbocycles. The molecule has 1 aromatic heterocycles. The zero-order valence-corrected chi connectivity index (χ0v) is 8.57. The number of pyridine rings is 1. The van der Waals surface area contributed by atoms with Crippen molar-refractivity contribution in [3.05, 3.63) is 54.2 Å². The standard InChI is InChI=1S/C14H11N/c1-10-5-4-8-13-14(10)12-7-3-2-6-11(12)9-15-13/h2-9H,1H3. The Kier molecular flexibility index (Phi) is 1.72. The van der Waals surface area contributed by atoms with Gasteiger partial charge < -0.3 is 0 Å². The number of aromatic nitrogens is 1. The second-order valence-electron chi connectivity index (χ2n) is 3.81. The highest BCUT2D eigenvalue weighted by Crippen LogP contribution is 2.25. The van der Waals surface area contributed by atoms with Crippen LogP contribution in [0.5, 0.6) is 0 Å². The molecule has 0 aliphatic carbocycles. The van der Waals surface area contributed by atoms with E-state index in [4.69, 9.17) is 0 Å². The fourth-order valence-electron chi connectivity index (χ4n) is 2.09. The first kappa shape index (κ1) is 8.42. The molecule has 1 heteroatoms. The van der Waals surface area contributed by atoms with E-state index in [1.807, 2.05) is 12.3 Å². The number of rotatable bonds is 0. The average molecular weight is 193 g/mol. The third-order valence-electron chi connectivity index (χ3n) is 2.82. The number of hydrogen-bond donors (Lipinski definition) is 0. The Morgan fingerprint density at radius 2 is 1.80 bits per heavy atom. The van der Waals surface area contributed by atoms with E-state index in [0.29, 0.717) is 0 Å². The molecule has 1 nitrogen and oxygen atoms in total. The van der Waals surface area contributed by atoms with Gasteiger partial charge in [0.1, 0.15) is 0 Å². The van der Waals surface area contributed by atoms with E-state index in [0.717, 1.165) is 5.52 Å². The molecule has 0 bridgehead atoms. The summed E-state index contributed by atoms with van der Waals surface area (Å²) in [7, 11) is 0. The minimum atomic E-state index is 1.08. The largest absolute Gasteiger partial charge is 0.256 e. The maximum atomic E-state index is 4.47. The van der Waals surface area contributed by atoms with Gasteiger partial charge in [-0.15, -0.1) is 0 Å². The zero-order valence-electron chi connectivity index (χ0n) is 8.57. The number of benzene rings is 2. The van der Waals surface area contributed by atoms with E-state index in [1.165, 1.54) is 21.7 Å². The van der Waals surface area contributed by atoms with E-state index in [9.17, 15) is 0 Å². The van der Waals surface area contributed by atoms with Gasteiger partial charge in [0.2, 0.25) is 0 Å². The van der Waals surface area contributed by atoms with Crippen LogP contribution in [0, 0.1) is 6.92 Å². The summed E-state index contributed by atoms with van der Waals surface area (Å²) < 4.78 is 0. The van der Waals surface area contributed by atoms with E-state index in [1.54, 1.807) is 0 Å². The van der Waals surface area contributed by atoms with Crippen LogP contribution >= 0.6 is 0 Å². The first-order chi connectivity index (χ1) is 7.36. The van der Waals surface area contributed by atoms with Crippen molar-refractivity contribution in [2.24, 2.45) is 0 Å². The second kappa shape index (κ2) is 3.06. The van der Waals surface area contributed by atoms with Gasteiger partial charge in [-0.05, 0) is 23.9 Å². The van der Waals surface area contributed by atoms with Gasteiger partial charge in [0, 0.05) is 17.0 Å². The molecule has 1 heterocycles. The summed E-state index contributed by atoms with van der Waals surface area (Å²) in [6.07, 6.45) is 1.94. The van der Waals surface area contributed by atoms with Crippen LogP contribution in [0.2, 0.25) is 0 Å². The summed E-state index contributed by atoms with van der Waals surface area (Å²) in [4.78, 5) is 4.47. The van der Waals surface area contributed by atoms with Crippen LogP contribution in [-0.4, -0.2) is 4.98 Å². The molecule has 0 aliphatic rings. The quantitative estimate of drug-likeness (QED) is 0.496. The summed E-state index contributed by atoms with van der Waals surface area (Å²) >= 11 is 0. The maximum absolute atomic E-state index is 4.47. The maximum Gasteiger partial charge on any atom is 0.0711 e. The van der Waals surface area contributed by atoms with Crippen molar-refractivity contribution in [1.29, 1.82) is 0 Å². The minimum Gasteiger partial charge on any atom is -0.256 e. The van der Waals surface area contributed by atoms with Gasteiger partial charge in [-0.25, -0.2) is 0 Å². The van der Waals surface area contributed by atoms with Crippen molar-refractivity contribution in [3.8, 4) is 0 Å². The van der Waals surface area contributed by atoms with Crippen molar-refractivity contribution in [2.75, 3.05) is 0 Å². The van der Waals surface area contributed by atoms with E-state index in [-0.39, 0.29) is 0 Å². The van der Waals surface area contributed by atoms with Gasteiger partial charge >= 0.3 is 0 Å². The zero-order chi connectivity index (χ0) is 10.3. The van der Waals surface area contributed by atoms with Crippen molar-refractivity contribution in [2.45, 2.75) is 6.92 Å². The van der Waals surface area contributed by atoms with Crippen molar-refractivity contribution >= 4 is 21.7 Å². The predicted molar refractivity (Wildman–Crippen MR) is 64.0 cm³/mol. The van der Waals surface area contributed by atoms with Crippen molar-refractivity contribution in [3.63, 3.8) is 0 Å². The summed E-state index contributed by atoms with van der Waals surface area (Å²) in [6.45, 7) is 2.14. The smallest absolute Gasteiger partial charge is 0.0711 e. The molecule has 0 fully saturated rings. The van der Waals surface area contributed by atoms with Crippen LogP contribution < -0.4 is 0 Å². The van der Waals surface area contributed by atoms with Gasteiger partial charge in [-0.1, -0.05) is 36.4 Å². The topological polar surface area (TPSA) is 12.9 Å². The normalized spacial score (nSPS) is 11.0. The van der Waals surface area contributed by atoms with Crippen LogP contribution in [0.3, 0.4) is 0 Å². The molecule has 15 heavy (non-hydrogen) atoms. The summed E-state index contributed by atoms with van der Waals surface area (Å²) in [5, 5.41) is 3.77. The molecule has 0 saturated carbocycles. The first-order valence-corrected chi connectivity index (χ1v) is 5.09. The first-order valence-electron chi connectivity index (χ1n) is 5.09. The lowest BCUT2D eigenvalue weighted by atomic mass is 10.0. The molecule has 0 amide bonds. The molecule has 72 valence electrons. The molecule has 0 saturated heterocycles. The van der Waals surface area contributed by atoms with Gasteiger partial charge in [-0.3, -0.25) is 4.98 Å². The molecule has 0 N–H and O–H groups in total. The molecule has 0 spiro atoms. The summed E-state index contributed by atoms with van der Waals surface area (Å²) in [5.74, 6) is 0. The van der Waals surface area contributed by atoms with Gasteiger partial charge in [0.05, 0.1) is 5.52 Å². The molecule has 0 unspecified atom stereocenters. The fourth-order valence-corrected chi connectivity index (χ4v) is 2.09. The van der Waals surface area contributed by atoms with Crippen LogP contribution in [0.15, 0.2) is 48.7 Å². The van der Waals surface area contributed by atoms with E-state index in [2.05, 4.69) is 48.3 Å².